The van der Waals surface area contributed by atoms with E-state index in [9.17, 15) is 9.59 Å². The molecule has 2 heterocycles. The quantitative estimate of drug-likeness (QED) is 0.584. The number of aromatic nitrogens is 4. The number of amides is 2. The van der Waals surface area contributed by atoms with Gasteiger partial charge < -0.3 is 10.6 Å². The average Bonchev–Trinajstić information content (AvgIpc) is 3.00. The van der Waals surface area contributed by atoms with Crippen LogP contribution in [0.5, 0.6) is 0 Å². The maximum atomic E-state index is 12.6. The van der Waals surface area contributed by atoms with Crippen LogP contribution in [0, 0.1) is 20.8 Å². The van der Waals surface area contributed by atoms with Gasteiger partial charge in [0.05, 0.1) is 18.8 Å². The van der Waals surface area contributed by atoms with Crippen LogP contribution in [0.4, 0.5) is 11.5 Å². The molecule has 0 saturated carbocycles. The van der Waals surface area contributed by atoms with Gasteiger partial charge in [-0.2, -0.15) is 9.78 Å². The van der Waals surface area contributed by atoms with E-state index >= 15 is 0 Å². The van der Waals surface area contributed by atoms with Gasteiger partial charge in [0.2, 0.25) is 11.8 Å². The zero-order valence-corrected chi connectivity index (χ0v) is 18.6. The summed E-state index contributed by atoms with van der Waals surface area (Å²) in [6.45, 7) is 5.62. The number of aryl methyl sites for hydroxylation is 3. The molecule has 0 unspecified atom stereocenters. The predicted molar refractivity (Wildman–Crippen MR) is 120 cm³/mol. The largest absolute Gasteiger partial charge is 0.325 e. The highest BCUT2D eigenvalue weighted by Crippen LogP contribution is 2.16. The van der Waals surface area contributed by atoms with Crippen LogP contribution >= 0.6 is 11.6 Å². The topological polar surface area (TPSA) is 105 Å². The van der Waals surface area contributed by atoms with E-state index in [2.05, 4.69) is 25.7 Å². The van der Waals surface area contributed by atoms with Crippen LogP contribution in [0.3, 0.4) is 0 Å². The number of hydrogen-bond acceptors (Lipinski definition) is 6. The summed E-state index contributed by atoms with van der Waals surface area (Å²) in [7, 11) is 1.69. The molecule has 1 aromatic carbocycles. The Morgan fingerprint density at radius 1 is 0.968 bits per heavy atom. The summed E-state index contributed by atoms with van der Waals surface area (Å²) in [5.41, 5.74) is 2.92. The van der Waals surface area contributed by atoms with Gasteiger partial charge in [0, 0.05) is 28.2 Å². The highest BCUT2D eigenvalue weighted by molar-refractivity contribution is 6.30. The fourth-order valence-electron chi connectivity index (χ4n) is 3.04. The zero-order valence-electron chi connectivity index (χ0n) is 17.8. The molecule has 31 heavy (non-hydrogen) atoms. The SMILES string of the molecule is Cc1cc(C)nc(-n2nc(C)cc2NC(=O)CN(C)CC(=O)Nc2cccc(Cl)c2)n1. The van der Waals surface area contributed by atoms with Crippen LogP contribution in [-0.2, 0) is 9.59 Å². The molecule has 2 N–H and O–H groups in total. The number of nitrogens with one attached hydrogen (secondary N) is 2. The van der Waals surface area contributed by atoms with Crippen LogP contribution in [0.15, 0.2) is 36.4 Å². The third-order valence-electron chi connectivity index (χ3n) is 4.19. The van der Waals surface area contributed by atoms with Crippen molar-refractivity contribution in [1.29, 1.82) is 0 Å². The van der Waals surface area contributed by atoms with Crippen molar-refractivity contribution >= 4 is 34.9 Å². The Hall–Kier alpha value is -3.30. The maximum Gasteiger partial charge on any atom is 0.252 e. The molecule has 2 aromatic heterocycles. The minimum Gasteiger partial charge on any atom is -0.325 e. The number of rotatable bonds is 7. The van der Waals surface area contributed by atoms with Crippen LogP contribution in [0.1, 0.15) is 17.1 Å². The third-order valence-corrected chi connectivity index (χ3v) is 4.43. The lowest BCUT2D eigenvalue weighted by atomic mass is 10.3. The number of hydrogen-bond donors (Lipinski definition) is 2. The van der Waals surface area contributed by atoms with E-state index in [0.717, 1.165) is 11.4 Å². The van der Waals surface area contributed by atoms with E-state index in [1.54, 1.807) is 42.3 Å². The molecule has 3 aromatic rings. The Morgan fingerprint density at radius 3 is 2.26 bits per heavy atom. The summed E-state index contributed by atoms with van der Waals surface area (Å²) in [5.74, 6) is 0.310. The van der Waals surface area contributed by atoms with E-state index in [-0.39, 0.29) is 24.9 Å². The minimum atomic E-state index is -0.288. The van der Waals surface area contributed by atoms with Crippen molar-refractivity contribution in [1.82, 2.24) is 24.6 Å². The van der Waals surface area contributed by atoms with Crippen molar-refractivity contribution in [3.8, 4) is 5.95 Å². The first-order valence-electron chi connectivity index (χ1n) is 9.63. The lowest BCUT2D eigenvalue weighted by molar-refractivity contribution is -0.119. The second-order valence-corrected chi connectivity index (χ2v) is 7.75. The Morgan fingerprint density at radius 2 is 1.61 bits per heavy atom. The molecule has 0 atom stereocenters. The molecule has 0 spiro atoms. The van der Waals surface area contributed by atoms with E-state index in [4.69, 9.17) is 11.6 Å². The molecule has 0 aliphatic rings. The Labute approximate surface area is 185 Å². The molecule has 0 bridgehead atoms. The van der Waals surface area contributed by atoms with Gasteiger partial charge >= 0.3 is 0 Å². The number of anilines is 2. The van der Waals surface area contributed by atoms with Crippen molar-refractivity contribution in [3.63, 3.8) is 0 Å². The van der Waals surface area contributed by atoms with E-state index in [1.165, 1.54) is 4.68 Å². The van der Waals surface area contributed by atoms with Gasteiger partial charge in [0.25, 0.3) is 5.95 Å². The first-order chi connectivity index (χ1) is 14.7. The average molecular weight is 442 g/mol. The van der Waals surface area contributed by atoms with Crippen molar-refractivity contribution in [3.05, 3.63) is 58.5 Å². The Bertz CT molecular complexity index is 1090. The molecule has 0 aliphatic carbocycles. The second kappa shape index (κ2) is 9.67. The normalized spacial score (nSPS) is 10.9. The van der Waals surface area contributed by atoms with Crippen LogP contribution in [-0.4, -0.2) is 56.6 Å². The van der Waals surface area contributed by atoms with E-state index in [1.807, 2.05) is 26.8 Å². The first kappa shape index (κ1) is 22.4. The van der Waals surface area contributed by atoms with Gasteiger partial charge in [-0.15, -0.1) is 0 Å². The molecule has 2 amide bonds. The molecule has 10 heteroatoms. The van der Waals surface area contributed by atoms with Gasteiger partial charge in [-0.05, 0) is 52.1 Å². The number of likely N-dealkylation sites (N-methyl/N-ethyl adjacent to an activating group) is 1. The highest BCUT2D eigenvalue weighted by atomic mass is 35.5. The number of benzene rings is 1. The predicted octanol–water partition coefficient (Wildman–Crippen LogP) is 2.75. The maximum absolute atomic E-state index is 12.6. The molecule has 9 nitrogen and oxygen atoms in total. The molecule has 162 valence electrons. The molecule has 0 aliphatic heterocycles. The van der Waals surface area contributed by atoms with Crippen molar-refractivity contribution in [2.75, 3.05) is 30.8 Å². The third kappa shape index (κ3) is 6.34. The molecule has 0 fully saturated rings. The number of halogens is 1. The van der Waals surface area contributed by atoms with Gasteiger partial charge in [0.15, 0.2) is 0 Å². The molecular formula is C21H24ClN7O2. The number of nitrogens with zero attached hydrogens (tertiary/aromatic N) is 5. The first-order valence-corrected chi connectivity index (χ1v) is 10.0. The van der Waals surface area contributed by atoms with E-state index < -0.39 is 0 Å². The summed E-state index contributed by atoms with van der Waals surface area (Å²) in [6, 6.07) is 10.5. The van der Waals surface area contributed by atoms with Gasteiger partial charge in [-0.1, -0.05) is 17.7 Å². The second-order valence-electron chi connectivity index (χ2n) is 7.31. The molecular weight excluding hydrogens is 418 g/mol. The van der Waals surface area contributed by atoms with E-state index in [0.29, 0.717) is 28.2 Å². The van der Waals surface area contributed by atoms with Crippen molar-refractivity contribution in [2.24, 2.45) is 0 Å². The minimum absolute atomic E-state index is 0.0148. The smallest absolute Gasteiger partial charge is 0.252 e. The number of carbonyl (C=O) groups excluding carboxylic acids is 2. The van der Waals surface area contributed by atoms with Crippen molar-refractivity contribution < 1.29 is 9.59 Å². The van der Waals surface area contributed by atoms with Gasteiger partial charge in [-0.25, -0.2) is 9.97 Å². The molecule has 0 saturated heterocycles. The number of carbonyl (C=O) groups is 2. The summed E-state index contributed by atoms with van der Waals surface area (Å²) >= 11 is 5.93. The lowest BCUT2D eigenvalue weighted by Crippen LogP contribution is -2.36. The van der Waals surface area contributed by atoms with Crippen LogP contribution < -0.4 is 10.6 Å². The Kier molecular flexibility index (Phi) is 6.98. The summed E-state index contributed by atoms with van der Waals surface area (Å²) in [4.78, 5) is 35.2. The van der Waals surface area contributed by atoms with Gasteiger partial charge in [0.1, 0.15) is 5.82 Å². The van der Waals surface area contributed by atoms with Crippen LogP contribution in [0.25, 0.3) is 5.95 Å². The summed E-state index contributed by atoms with van der Waals surface area (Å²) in [6.07, 6.45) is 0. The van der Waals surface area contributed by atoms with Crippen LogP contribution in [0.2, 0.25) is 5.02 Å². The lowest BCUT2D eigenvalue weighted by Gasteiger charge is -2.16. The fraction of sp³-hybridized carbons (Fsp3) is 0.286. The van der Waals surface area contributed by atoms with Gasteiger partial charge in [-0.3, -0.25) is 14.5 Å². The van der Waals surface area contributed by atoms with Crippen molar-refractivity contribution in [2.45, 2.75) is 20.8 Å². The highest BCUT2D eigenvalue weighted by Gasteiger charge is 2.16. The molecule has 3 rings (SSSR count). The monoisotopic (exact) mass is 441 g/mol. The standard InChI is InChI=1S/C21H24ClN7O2/c1-13-8-14(2)24-21(23-13)29-18(9-15(3)27-29)26-20(31)12-28(4)11-19(30)25-17-7-5-6-16(22)10-17/h5-10H,11-12H2,1-4H3,(H,25,30)(H,26,31). The molecule has 0 radical (unpaired) electrons. The summed E-state index contributed by atoms with van der Waals surface area (Å²) in [5, 5.41) is 10.5. The fourth-order valence-corrected chi connectivity index (χ4v) is 3.23. The Balaban J connectivity index is 1.61. The summed E-state index contributed by atoms with van der Waals surface area (Å²) < 4.78 is 1.50. The zero-order chi connectivity index (χ0) is 22.5.